The Balaban J connectivity index is 1.89. The molecule has 0 spiro atoms. The first-order valence-corrected chi connectivity index (χ1v) is 7.12. The van der Waals surface area contributed by atoms with Gasteiger partial charge >= 0.3 is 0 Å². The lowest BCUT2D eigenvalue weighted by molar-refractivity contribution is 0.660. The maximum absolute atomic E-state index is 4.39. The van der Waals surface area contributed by atoms with Crippen molar-refractivity contribution in [3.63, 3.8) is 0 Å². The van der Waals surface area contributed by atoms with Gasteiger partial charge in [-0.2, -0.15) is 5.10 Å². The fourth-order valence-corrected chi connectivity index (χ4v) is 2.33. The molecule has 1 aliphatic carbocycles. The average Bonchev–Trinajstić information content (AvgIpc) is 3.13. The van der Waals surface area contributed by atoms with Gasteiger partial charge in [-0.3, -0.25) is 4.68 Å². The summed E-state index contributed by atoms with van der Waals surface area (Å²) >= 11 is 0. The number of benzene rings is 1. The average molecular weight is 255 g/mol. The van der Waals surface area contributed by atoms with Crippen LogP contribution in [0.1, 0.15) is 30.9 Å². The van der Waals surface area contributed by atoms with Gasteiger partial charge in [0.2, 0.25) is 0 Å². The summed E-state index contributed by atoms with van der Waals surface area (Å²) in [7, 11) is 0. The SMILES string of the molecule is CCn1cc(-c2cc(C)ccc2CNC2CC2)cn1. The zero-order valence-corrected chi connectivity index (χ0v) is 11.7. The number of aromatic nitrogens is 2. The molecule has 0 unspecified atom stereocenters. The van der Waals surface area contributed by atoms with Crippen molar-refractivity contribution in [2.75, 3.05) is 0 Å². The van der Waals surface area contributed by atoms with Crippen molar-refractivity contribution in [1.82, 2.24) is 15.1 Å². The molecule has 1 saturated carbocycles. The molecule has 19 heavy (non-hydrogen) atoms. The van der Waals surface area contributed by atoms with Crippen LogP contribution in [-0.4, -0.2) is 15.8 Å². The third kappa shape index (κ3) is 2.87. The number of aryl methyl sites for hydroxylation is 2. The summed E-state index contributed by atoms with van der Waals surface area (Å²) in [6.45, 7) is 6.13. The topological polar surface area (TPSA) is 29.9 Å². The summed E-state index contributed by atoms with van der Waals surface area (Å²) < 4.78 is 1.98. The number of nitrogens with zero attached hydrogens (tertiary/aromatic N) is 2. The second-order valence-electron chi connectivity index (χ2n) is 5.40. The van der Waals surface area contributed by atoms with Crippen molar-refractivity contribution >= 4 is 0 Å². The molecule has 0 aliphatic heterocycles. The highest BCUT2D eigenvalue weighted by atomic mass is 15.3. The van der Waals surface area contributed by atoms with Crippen molar-refractivity contribution in [2.45, 2.75) is 45.8 Å². The molecule has 3 rings (SSSR count). The summed E-state index contributed by atoms with van der Waals surface area (Å²) in [5.74, 6) is 0. The Morgan fingerprint density at radius 3 is 2.89 bits per heavy atom. The monoisotopic (exact) mass is 255 g/mol. The fraction of sp³-hybridized carbons (Fsp3) is 0.438. The Morgan fingerprint density at radius 2 is 2.21 bits per heavy atom. The molecule has 1 heterocycles. The smallest absolute Gasteiger partial charge is 0.0568 e. The fourth-order valence-electron chi connectivity index (χ4n) is 2.33. The van der Waals surface area contributed by atoms with Crippen molar-refractivity contribution in [3.8, 4) is 11.1 Å². The molecule has 0 saturated heterocycles. The first-order valence-electron chi connectivity index (χ1n) is 7.12. The summed E-state index contributed by atoms with van der Waals surface area (Å²) in [6, 6.07) is 7.44. The molecule has 1 aromatic heterocycles. The van der Waals surface area contributed by atoms with E-state index in [1.807, 2.05) is 10.9 Å². The number of nitrogens with one attached hydrogen (secondary N) is 1. The van der Waals surface area contributed by atoms with E-state index >= 15 is 0 Å². The van der Waals surface area contributed by atoms with Crippen molar-refractivity contribution in [1.29, 1.82) is 0 Å². The first-order chi connectivity index (χ1) is 9.26. The molecular weight excluding hydrogens is 234 g/mol. The van der Waals surface area contributed by atoms with E-state index in [0.717, 1.165) is 19.1 Å². The molecule has 3 nitrogen and oxygen atoms in total. The Morgan fingerprint density at radius 1 is 1.37 bits per heavy atom. The zero-order valence-electron chi connectivity index (χ0n) is 11.7. The van der Waals surface area contributed by atoms with Crippen LogP contribution in [0.2, 0.25) is 0 Å². The van der Waals surface area contributed by atoms with Crippen LogP contribution in [-0.2, 0) is 13.1 Å². The van der Waals surface area contributed by atoms with Gasteiger partial charge in [0.25, 0.3) is 0 Å². The lowest BCUT2D eigenvalue weighted by Crippen LogP contribution is -2.15. The summed E-state index contributed by atoms with van der Waals surface area (Å²) in [4.78, 5) is 0. The van der Waals surface area contributed by atoms with Crippen LogP contribution in [0.5, 0.6) is 0 Å². The lowest BCUT2D eigenvalue weighted by atomic mass is 10.00. The Hall–Kier alpha value is -1.61. The minimum Gasteiger partial charge on any atom is -0.310 e. The standard InChI is InChI=1S/C16H21N3/c1-3-19-11-14(10-18-19)16-8-12(2)4-5-13(16)9-17-15-6-7-15/h4-5,8,10-11,15,17H,3,6-7,9H2,1-2H3. The van der Waals surface area contributed by atoms with Gasteiger partial charge in [-0.05, 0) is 37.8 Å². The van der Waals surface area contributed by atoms with Gasteiger partial charge in [0.15, 0.2) is 0 Å². The third-order valence-electron chi connectivity index (χ3n) is 3.69. The number of hydrogen-bond acceptors (Lipinski definition) is 2. The Labute approximate surface area is 114 Å². The van der Waals surface area contributed by atoms with Gasteiger partial charge in [0.05, 0.1) is 6.20 Å². The molecule has 1 N–H and O–H groups in total. The molecular formula is C16H21N3. The molecule has 2 aromatic rings. The van der Waals surface area contributed by atoms with Crippen LogP contribution in [0, 0.1) is 6.92 Å². The molecule has 100 valence electrons. The van der Waals surface area contributed by atoms with Crippen LogP contribution >= 0.6 is 0 Å². The van der Waals surface area contributed by atoms with Crippen molar-refractivity contribution in [2.24, 2.45) is 0 Å². The highest BCUT2D eigenvalue weighted by molar-refractivity contribution is 5.66. The van der Waals surface area contributed by atoms with Crippen LogP contribution in [0.25, 0.3) is 11.1 Å². The second-order valence-corrected chi connectivity index (χ2v) is 5.40. The van der Waals surface area contributed by atoms with Gasteiger partial charge in [-0.1, -0.05) is 23.8 Å². The van der Waals surface area contributed by atoms with E-state index in [-0.39, 0.29) is 0 Å². The van der Waals surface area contributed by atoms with E-state index in [0.29, 0.717) is 0 Å². The van der Waals surface area contributed by atoms with Gasteiger partial charge in [0.1, 0.15) is 0 Å². The molecule has 0 amide bonds. The van der Waals surface area contributed by atoms with E-state index in [9.17, 15) is 0 Å². The molecule has 1 fully saturated rings. The van der Waals surface area contributed by atoms with Gasteiger partial charge in [-0.15, -0.1) is 0 Å². The molecule has 0 radical (unpaired) electrons. The third-order valence-corrected chi connectivity index (χ3v) is 3.69. The maximum atomic E-state index is 4.39. The minimum absolute atomic E-state index is 0.743. The lowest BCUT2D eigenvalue weighted by Gasteiger charge is -2.10. The predicted octanol–water partition coefficient (Wildman–Crippen LogP) is 3.13. The largest absolute Gasteiger partial charge is 0.310 e. The molecule has 3 heteroatoms. The van der Waals surface area contributed by atoms with E-state index < -0.39 is 0 Å². The minimum atomic E-state index is 0.743. The molecule has 0 bridgehead atoms. The molecule has 1 aromatic carbocycles. The molecule has 0 atom stereocenters. The highest BCUT2D eigenvalue weighted by Crippen LogP contribution is 2.26. The van der Waals surface area contributed by atoms with Crippen molar-refractivity contribution < 1.29 is 0 Å². The van der Waals surface area contributed by atoms with Crippen LogP contribution < -0.4 is 5.32 Å². The van der Waals surface area contributed by atoms with Crippen LogP contribution in [0.4, 0.5) is 0 Å². The number of hydrogen-bond donors (Lipinski definition) is 1. The Kier molecular flexibility index (Phi) is 3.38. The Bertz CT molecular complexity index is 567. The van der Waals surface area contributed by atoms with Crippen LogP contribution in [0.3, 0.4) is 0 Å². The first kappa shape index (κ1) is 12.4. The normalized spacial score (nSPS) is 14.8. The van der Waals surface area contributed by atoms with Gasteiger partial charge in [-0.25, -0.2) is 0 Å². The van der Waals surface area contributed by atoms with Gasteiger partial charge < -0.3 is 5.32 Å². The number of rotatable bonds is 5. The van der Waals surface area contributed by atoms with E-state index in [1.54, 1.807) is 0 Å². The quantitative estimate of drug-likeness (QED) is 0.889. The summed E-state index contributed by atoms with van der Waals surface area (Å²) in [5.41, 5.74) is 5.20. The molecule has 1 aliphatic rings. The zero-order chi connectivity index (χ0) is 13.2. The van der Waals surface area contributed by atoms with E-state index in [2.05, 4.69) is 48.7 Å². The summed E-state index contributed by atoms with van der Waals surface area (Å²) in [5, 5.41) is 7.98. The highest BCUT2D eigenvalue weighted by Gasteiger charge is 2.20. The predicted molar refractivity (Wildman–Crippen MR) is 77.9 cm³/mol. The maximum Gasteiger partial charge on any atom is 0.0568 e. The summed E-state index contributed by atoms with van der Waals surface area (Å²) in [6.07, 6.45) is 6.76. The van der Waals surface area contributed by atoms with E-state index in [4.69, 9.17) is 0 Å². The van der Waals surface area contributed by atoms with E-state index in [1.165, 1.54) is 35.1 Å². The second kappa shape index (κ2) is 5.17. The van der Waals surface area contributed by atoms with Crippen LogP contribution in [0.15, 0.2) is 30.6 Å². The van der Waals surface area contributed by atoms with Gasteiger partial charge in [0, 0.05) is 30.9 Å². The van der Waals surface area contributed by atoms with Crippen molar-refractivity contribution in [3.05, 3.63) is 41.7 Å².